The molecule has 0 aliphatic heterocycles. The number of methoxy groups -OCH3 is 1. The first-order valence-corrected chi connectivity index (χ1v) is 11.5. The Hall–Kier alpha value is -0.833. The Kier molecular flexibility index (Phi) is 9.66. The first-order chi connectivity index (χ1) is 10.1. The quantitative estimate of drug-likeness (QED) is 0.390. The second kappa shape index (κ2) is 10.0. The summed E-state index contributed by atoms with van der Waals surface area (Å²) >= 11 is 0. The van der Waals surface area contributed by atoms with Gasteiger partial charge in [0.15, 0.2) is 0 Å². The van der Waals surface area contributed by atoms with Gasteiger partial charge >= 0.3 is 0 Å². The zero-order valence-electron chi connectivity index (χ0n) is 15.5. The fraction of sp³-hybridized carbons (Fsp3) is 0.824. The normalized spacial score (nSPS) is 14.2. The molecule has 5 heteroatoms. The van der Waals surface area contributed by atoms with Gasteiger partial charge in [0.1, 0.15) is 21.0 Å². The van der Waals surface area contributed by atoms with Crippen molar-refractivity contribution in [2.75, 3.05) is 20.4 Å². The van der Waals surface area contributed by atoms with Gasteiger partial charge in [-0.3, -0.25) is 4.79 Å². The van der Waals surface area contributed by atoms with Gasteiger partial charge in [0.2, 0.25) is 5.91 Å². The van der Waals surface area contributed by atoms with Crippen molar-refractivity contribution < 1.29 is 14.3 Å². The maximum Gasteiger partial charge on any atom is 0.219 e. The number of hydrogen-bond acceptors (Lipinski definition) is 3. The van der Waals surface area contributed by atoms with E-state index in [1.807, 2.05) is 4.90 Å². The topological polar surface area (TPSA) is 38.8 Å². The van der Waals surface area contributed by atoms with Crippen LogP contribution < -0.4 is 0 Å². The molecule has 0 saturated carbocycles. The molecule has 2 atom stereocenters. The molecule has 0 aromatic heterocycles. The van der Waals surface area contributed by atoms with Crippen LogP contribution in [0.4, 0.5) is 0 Å². The molecule has 1 amide bonds. The van der Waals surface area contributed by atoms with Crippen LogP contribution in [-0.2, 0) is 14.3 Å². The molecule has 128 valence electrons. The molecular weight excluding hydrogens is 294 g/mol. The highest BCUT2D eigenvalue weighted by Gasteiger charge is 2.31. The molecule has 0 heterocycles. The lowest BCUT2D eigenvalue weighted by molar-refractivity contribution is -0.139. The molecule has 0 aromatic carbocycles. The zero-order chi connectivity index (χ0) is 17.3. The molecule has 0 rings (SSSR count). The van der Waals surface area contributed by atoms with Crippen LogP contribution in [0, 0.1) is 17.4 Å². The Morgan fingerprint density at radius 3 is 2.23 bits per heavy atom. The molecular formula is C17H33NO3Si. The number of carbonyl (C=O) groups excluding carboxylic acids is 1. The van der Waals surface area contributed by atoms with Gasteiger partial charge in [-0.2, -0.15) is 0 Å². The smallest absolute Gasteiger partial charge is 0.219 e. The molecule has 0 aromatic rings. The second-order valence-corrected chi connectivity index (χ2v) is 11.7. The average molecular weight is 328 g/mol. The van der Waals surface area contributed by atoms with Gasteiger partial charge in [-0.25, -0.2) is 0 Å². The minimum atomic E-state index is -1.51. The van der Waals surface area contributed by atoms with Gasteiger partial charge in [-0.1, -0.05) is 46.3 Å². The minimum Gasteiger partial charge on any atom is -0.359 e. The highest BCUT2D eigenvalue weighted by atomic mass is 28.3. The van der Waals surface area contributed by atoms with E-state index in [4.69, 9.17) is 9.47 Å². The largest absolute Gasteiger partial charge is 0.359 e. The highest BCUT2D eigenvalue weighted by Crippen LogP contribution is 2.19. The molecule has 0 bridgehead atoms. The number of ether oxygens (including phenoxy) is 2. The van der Waals surface area contributed by atoms with Crippen molar-refractivity contribution >= 4 is 14.0 Å². The maximum atomic E-state index is 12.1. The lowest BCUT2D eigenvalue weighted by Gasteiger charge is -2.37. The van der Waals surface area contributed by atoms with Crippen molar-refractivity contribution in [1.29, 1.82) is 0 Å². The summed E-state index contributed by atoms with van der Waals surface area (Å²) in [6.45, 7) is 15.4. The van der Waals surface area contributed by atoms with Gasteiger partial charge in [0, 0.05) is 20.6 Å². The summed E-state index contributed by atoms with van der Waals surface area (Å²) in [5.74, 6) is 3.61. The van der Waals surface area contributed by atoms with Crippen LogP contribution in [0.1, 0.15) is 34.1 Å². The molecule has 22 heavy (non-hydrogen) atoms. The summed E-state index contributed by atoms with van der Waals surface area (Å²) < 4.78 is 10.9. The molecule has 0 fully saturated rings. The standard InChI is InChI=1S/C17H33NO3Si/c1-9-11-18(15(4)19)17(14(2)3)16(21-13-20-5)10-12-22(6,7)8/h14,16-17H,9,11,13H2,1-8H3/t16-,17-/m0/s1. The van der Waals surface area contributed by atoms with Gasteiger partial charge in [-0.15, -0.1) is 5.54 Å². The van der Waals surface area contributed by atoms with Crippen LogP contribution in [0.5, 0.6) is 0 Å². The lowest BCUT2D eigenvalue weighted by Crippen LogP contribution is -2.50. The summed E-state index contributed by atoms with van der Waals surface area (Å²) in [5.41, 5.74) is 3.37. The van der Waals surface area contributed by atoms with Crippen molar-refractivity contribution in [1.82, 2.24) is 4.90 Å². The molecule has 4 nitrogen and oxygen atoms in total. The summed E-state index contributed by atoms with van der Waals surface area (Å²) in [6, 6.07) is -0.0588. The molecule has 0 aliphatic rings. The van der Waals surface area contributed by atoms with Crippen molar-refractivity contribution in [3.8, 4) is 11.5 Å². The van der Waals surface area contributed by atoms with E-state index >= 15 is 0 Å². The van der Waals surface area contributed by atoms with Crippen molar-refractivity contribution in [2.24, 2.45) is 5.92 Å². The summed E-state index contributed by atoms with van der Waals surface area (Å²) in [7, 11) is 0.0937. The van der Waals surface area contributed by atoms with E-state index < -0.39 is 8.07 Å². The molecule has 0 spiro atoms. The number of nitrogens with zero attached hydrogens (tertiary/aromatic N) is 1. The van der Waals surface area contributed by atoms with Crippen LogP contribution in [-0.4, -0.2) is 51.5 Å². The van der Waals surface area contributed by atoms with Crippen LogP contribution in [0.2, 0.25) is 19.6 Å². The van der Waals surface area contributed by atoms with E-state index in [0.717, 1.165) is 13.0 Å². The fourth-order valence-corrected chi connectivity index (χ4v) is 2.86. The number of carbonyl (C=O) groups is 1. The predicted molar refractivity (Wildman–Crippen MR) is 94.2 cm³/mol. The Bertz CT molecular complexity index is 393. The molecule has 0 saturated heterocycles. The summed E-state index contributed by atoms with van der Waals surface area (Å²) in [5, 5.41) is 0. The average Bonchev–Trinajstić information content (AvgIpc) is 2.38. The van der Waals surface area contributed by atoms with Crippen molar-refractivity contribution in [3.63, 3.8) is 0 Å². The first-order valence-electron chi connectivity index (χ1n) is 8.04. The Morgan fingerprint density at radius 2 is 1.86 bits per heavy atom. The lowest BCUT2D eigenvalue weighted by atomic mass is 9.96. The van der Waals surface area contributed by atoms with Gasteiger partial charge in [0.25, 0.3) is 0 Å². The van der Waals surface area contributed by atoms with Gasteiger partial charge in [0.05, 0.1) is 6.04 Å². The number of hydrogen-bond donors (Lipinski definition) is 0. The summed E-state index contributed by atoms with van der Waals surface area (Å²) in [4.78, 5) is 14.0. The molecule has 0 radical (unpaired) electrons. The van der Waals surface area contributed by atoms with Crippen molar-refractivity contribution in [2.45, 2.75) is 65.9 Å². The third kappa shape index (κ3) is 7.97. The van der Waals surface area contributed by atoms with E-state index in [9.17, 15) is 4.79 Å². The summed E-state index contributed by atoms with van der Waals surface area (Å²) in [6.07, 6.45) is 0.600. The fourth-order valence-electron chi connectivity index (χ4n) is 2.28. The Labute approximate surface area is 137 Å². The SMILES string of the molecule is CCCN(C(C)=O)[C@@H](C(C)C)[C@H](C#C[Si](C)(C)C)OCOC. The van der Waals surface area contributed by atoms with E-state index in [1.54, 1.807) is 14.0 Å². The third-order valence-electron chi connectivity index (χ3n) is 3.18. The zero-order valence-corrected chi connectivity index (χ0v) is 16.5. The van der Waals surface area contributed by atoms with Crippen LogP contribution in [0.15, 0.2) is 0 Å². The Balaban J connectivity index is 5.53. The third-order valence-corrected chi connectivity index (χ3v) is 4.07. The second-order valence-electron chi connectivity index (χ2n) is 6.96. The van der Waals surface area contributed by atoms with E-state index in [0.29, 0.717) is 0 Å². The number of amides is 1. The van der Waals surface area contributed by atoms with Crippen LogP contribution >= 0.6 is 0 Å². The monoisotopic (exact) mass is 327 g/mol. The van der Waals surface area contributed by atoms with E-state index in [1.165, 1.54) is 0 Å². The minimum absolute atomic E-state index is 0.0588. The van der Waals surface area contributed by atoms with E-state index in [-0.39, 0.29) is 30.8 Å². The van der Waals surface area contributed by atoms with Gasteiger partial charge in [-0.05, 0) is 12.3 Å². The highest BCUT2D eigenvalue weighted by molar-refractivity contribution is 6.83. The molecule has 0 aliphatic carbocycles. The van der Waals surface area contributed by atoms with Crippen LogP contribution in [0.3, 0.4) is 0 Å². The first kappa shape index (κ1) is 21.2. The molecule has 0 unspecified atom stereocenters. The Morgan fingerprint density at radius 1 is 1.27 bits per heavy atom. The van der Waals surface area contributed by atoms with Crippen molar-refractivity contribution in [3.05, 3.63) is 0 Å². The van der Waals surface area contributed by atoms with Gasteiger partial charge < -0.3 is 14.4 Å². The van der Waals surface area contributed by atoms with E-state index in [2.05, 4.69) is 51.9 Å². The maximum absolute atomic E-state index is 12.1. The van der Waals surface area contributed by atoms with Crippen LogP contribution in [0.25, 0.3) is 0 Å². The predicted octanol–water partition coefficient (Wildman–Crippen LogP) is 3.14. The number of rotatable bonds is 8. The molecule has 0 N–H and O–H groups in total.